The Kier molecular flexibility index (Phi) is 3.72. The number of nitrogens with zero attached hydrogens (tertiary/aromatic N) is 4. The molecule has 2 aromatic rings. The molecule has 0 unspecified atom stereocenters. The van der Waals surface area contributed by atoms with Gasteiger partial charge in [-0.2, -0.15) is 0 Å². The van der Waals surface area contributed by atoms with E-state index in [1.165, 1.54) is 0 Å². The van der Waals surface area contributed by atoms with E-state index < -0.39 is 0 Å². The molecule has 88 valence electrons. The minimum absolute atomic E-state index is 0.435. The highest BCUT2D eigenvalue weighted by Gasteiger charge is 2.04. The zero-order chi connectivity index (χ0) is 12.1. The van der Waals surface area contributed by atoms with Gasteiger partial charge in [-0.05, 0) is 6.07 Å². The van der Waals surface area contributed by atoms with Crippen molar-refractivity contribution in [2.75, 3.05) is 0 Å². The topological polar surface area (TPSA) is 63.6 Å². The molecule has 0 fully saturated rings. The first-order valence-electron chi connectivity index (χ1n) is 5.57. The number of nitrogens with one attached hydrogen (secondary N) is 1. The summed E-state index contributed by atoms with van der Waals surface area (Å²) in [6.07, 6.45) is 6.68. The molecular formula is C12H15N5. The Hall–Kier alpha value is -1.88. The van der Waals surface area contributed by atoms with Gasteiger partial charge in [-0.3, -0.25) is 4.98 Å². The summed E-state index contributed by atoms with van der Waals surface area (Å²) >= 11 is 0. The molecule has 0 amide bonds. The fourth-order valence-electron chi connectivity index (χ4n) is 1.34. The predicted molar refractivity (Wildman–Crippen MR) is 65.0 cm³/mol. The highest BCUT2D eigenvalue weighted by Crippen LogP contribution is 2.09. The van der Waals surface area contributed by atoms with Crippen molar-refractivity contribution in [1.29, 1.82) is 0 Å². The average Bonchev–Trinajstić information content (AvgIpc) is 2.38. The third-order valence-electron chi connectivity index (χ3n) is 2.20. The molecule has 0 atom stereocenters. The van der Waals surface area contributed by atoms with Gasteiger partial charge in [-0.15, -0.1) is 0 Å². The van der Waals surface area contributed by atoms with Gasteiger partial charge in [0.05, 0.1) is 11.9 Å². The summed E-state index contributed by atoms with van der Waals surface area (Å²) in [6.45, 7) is 4.93. The molecule has 2 rings (SSSR count). The molecule has 0 aliphatic carbocycles. The standard InChI is InChI=1S/C12H15N5/c1-9(2)16-7-10-3-4-15-12(17-10)11-8-13-5-6-14-11/h3-6,8-9,16H,7H2,1-2H3. The van der Waals surface area contributed by atoms with E-state index in [4.69, 9.17) is 0 Å². The summed E-state index contributed by atoms with van der Waals surface area (Å²) < 4.78 is 0. The largest absolute Gasteiger partial charge is 0.309 e. The lowest BCUT2D eigenvalue weighted by molar-refractivity contribution is 0.581. The van der Waals surface area contributed by atoms with E-state index in [0.717, 1.165) is 12.2 Å². The molecule has 0 saturated carbocycles. The number of hydrogen-bond donors (Lipinski definition) is 1. The second-order valence-corrected chi connectivity index (χ2v) is 4.00. The van der Waals surface area contributed by atoms with Crippen LogP contribution >= 0.6 is 0 Å². The highest BCUT2D eigenvalue weighted by atomic mass is 15.0. The lowest BCUT2D eigenvalue weighted by atomic mass is 10.3. The molecule has 0 bridgehead atoms. The average molecular weight is 229 g/mol. The monoisotopic (exact) mass is 229 g/mol. The van der Waals surface area contributed by atoms with Gasteiger partial charge >= 0.3 is 0 Å². The van der Waals surface area contributed by atoms with Gasteiger partial charge in [-0.1, -0.05) is 13.8 Å². The van der Waals surface area contributed by atoms with Crippen LogP contribution in [0.15, 0.2) is 30.9 Å². The molecule has 0 radical (unpaired) electrons. The van der Waals surface area contributed by atoms with E-state index in [0.29, 0.717) is 17.6 Å². The normalized spacial score (nSPS) is 10.8. The van der Waals surface area contributed by atoms with E-state index in [9.17, 15) is 0 Å². The molecule has 17 heavy (non-hydrogen) atoms. The molecule has 0 aromatic carbocycles. The highest BCUT2D eigenvalue weighted by molar-refractivity contribution is 5.46. The molecule has 5 nitrogen and oxygen atoms in total. The van der Waals surface area contributed by atoms with Crippen LogP contribution in [0.1, 0.15) is 19.5 Å². The molecule has 2 aromatic heterocycles. The van der Waals surface area contributed by atoms with E-state index in [1.54, 1.807) is 24.8 Å². The zero-order valence-corrected chi connectivity index (χ0v) is 9.96. The quantitative estimate of drug-likeness (QED) is 0.859. The maximum atomic E-state index is 4.44. The van der Waals surface area contributed by atoms with Gasteiger partial charge in [0.2, 0.25) is 0 Å². The molecule has 0 aliphatic heterocycles. The second kappa shape index (κ2) is 5.45. The molecule has 5 heteroatoms. The lowest BCUT2D eigenvalue weighted by Crippen LogP contribution is -2.22. The van der Waals surface area contributed by atoms with Crippen molar-refractivity contribution in [3.63, 3.8) is 0 Å². The molecular weight excluding hydrogens is 214 g/mol. The van der Waals surface area contributed by atoms with Crippen LogP contribution in [-0.4, -0.2) is 26.0 Å². The van der Waals surface area contributed by atoms with Crippen LogP contribution in [0.2, 0.25) is 0 Å². The Balaban J connectivity index is 2.17. The van der Waals surface area contributed by atoms with E-state index in [1.807, 2.05) is 6.07 Å². The van der Waals surface area contributed by atoms with Gasteiger partial charge in [0.15, 0.2) is 5.82 Å². The van der Waals surface area contributed by atoms with E-state index >= 15 is 0 Å². The van der Waals surface area contributed by atoms with Crippen molar-refractivity contribution in [3.8, 4) is 11.5 Å². The first-order chi connectivity index (χ1) is 8.25. The summed E-state index contributed by atoms with van der Waals surface area (Å²) in [5.74, 6) is 0.612. The maximum absolute atomic E-state index is 4.44. The summed E-state index contributed by atoms with van der Waals surface area (Å²) in [4.78, 5) is 16.8. The summed E-state index contributed by atoms with van der Waals surface area (Å²) in [7, 11) is 0. The minimum atomic E-state index is 0.435. The minimum Gasteiger partial charge on any atom is -0.309 e. The Bertz CT molecular complexity index is 469. The van der Waals surface area contributed by atoms with Crippen molar-refractivity contribution < 1.29 is 0 Å². The fraction of sp³-hybridized carbons (Fsp3) is 0.333. The number of rotatable bonds is 4. The Labute approximate surface area is 100 Å². The van der Waals surface area contributed by atoms with Crippen LogP contribution in [0.25, 0.3) is 11.5 Å². The maximum Gasteiger partial charge on any atom is 0.180 e. The number of aromatic nitrogens is 4. The van der Waals surface area contributed by atoms with Crippen LogP contribution in [0.3, 0.4) is 0 Å². The van der Waals surface area contributed by atoms with Crippen molar-refractivity contribution in [2.45, 2.75) is 26.4 Å². The van der Waals surface area contributed by atoms with Gasteiger partial charge in [-0.25, -0.2) is 15.0 Å². The predicted octanol–water partition coefficient (Wildman–Crippen LogP) is 1.43. The third kappa shape index (κ3) is 3.29. The zero-order valence-electron chi connectivity index (χ0n) is 9.96. The summed E-state index contributed by atoms with van der Waals surface area (Å²) in [5, 5.41) is 3.31. The van der Waals surface area contributed by atoms with Gasteiger partial charge in [0.1, 0.15) is 5.69 Å². The van der Waals surface area contributed by atoms with Gasteiger partial charge < -0.3 is 5.32 Å². The molecule has 1 N–H and O–H groups in total. The van der Waals surface area contributed by atoms with E-state index in [2.05, 4.69) is 39.1 Å². The van der Waals surface area contributed by atoms with Crippen LogP contribution in [-0.2, 0) is 6.54 Å². The third-order valence-corrected chi connectivity index (χ3v) is 2.20. The van der Waals surface area contributed by atoms with E-state index in [-0.39, 0.29) is 0 Å². The van der Waals surface area contributed by atoms with Crippen LogP contribution in [0, 0.1) is 0 Å². The molecule has 0 spiro atoms. The molecule has 0 saturated heterocycles. The van der Waals surface area contributed by atoms with Crippen LogP contribution in [0.4, 0.5) is 0 Å². The Morgan fingerprint density at radius 3 is 2.76 bits per heavy atom. The number of hydrogen-bond acceptors (Lipinski definition) is 5. The van der Waals surface area contributed by atoms with Crippen LogP contribution in [0.5, 0.6) is 0 Å². The second-order valence-electron chi connectivity index (χ2n) is 4.00. The Morgan fingerprint density at radius 2 is 2.06 bits per heavy atom. The van der Waals surface area contributed by atoms with Crippen molar-refractivity contribution in [1.82, 2.24) is 25.3 Å². The summed E-state index contributed by atoms with van der Waals surface area (Å²) in [6, 6.07) is 2.33. The van der Waals surface area contributed by atoms with Crippen molar-refractivity contribution in [3.05, 3.63) is 36.5 Å². The van der Waals surface area contributed by atoms with Gasteiger partial charge in [0, 0.05) is 31.2 Å². The molecule has 2 heterocycles. The summed E-state index contributed by atoms with van der Waals surface area (Å²) in [5.41, 5.74) is 1.65. The van der Waals surface area contributed by atoms with Gasteiger partial charge in [0.25, 0.3) is 0 Å². The van der Waals surface area contributed by atoms with Crippen molar-refractivity contribution in [2.24, 2.45) is 0 Å². The molecule has 0 aliphatic rings. The first-order valence-corrected chi connectivity index (χ1v) is 5.57. The lowest BCUT2D eigenvalue weighted by Gasteiger charge is -2.07. The Morgan fingerprint density at radius 1 is 1.18 bits per heavy atom. The first kappa shape index (κ1) is 11.6. The van der Waals surface area contributed by atoms with Crippen molar-refractivity contribution >= 4 is 0 Å². The SMILES string of the molecule is CC(C)NCc1ccnc(-c2cnccn2)n1. The smallest absolute Gasteiger partial charge is 0.180 e. The fourth-order valence-corrected chi connectivity index (χ4v) is 1.34. The van der Waals surface area contributed by atoms with Crippen LogP contribution < -0.4 is 5.32 Å².